The average molecular weight is 469 g/mol. The maximum Gasteiger partial charge on any atom is 0.259 e. The Kier molecular flexibility index (Phi) is 6.47. The lowest BCUT2D eigenvalue weighted by atomic mass is 9.87. The topological polar surface area (TPSA) is 103 Å². The summed E-state index contributed by atoms with van der Waals surface area (Å²) in [4.78, 5) is 7.64. The molecule has 0 saturated carbocycles. The molecule has 1 aliphatic rings. The molecular formula is C25H26F2N4O3. The Morgan fingerprint density at radius 3 is 2.65 bits per heavy atom. The summed E-state index contributed by atoms with van der Waals surface area (Å²) in [5, 5.41) is 7.44. The van der Waals surface area contributed by atoms with Crippen LogP contribution in [0.3, 0.4) is 0 Å². The van der Waals surface area contributed by atoms with Gasteiger partial charge in [0.1, 0.15) is 18.2 Å². The number of hydrogen-bond acceptors (Lipinski definition) is 6. The fourth-order valence-corrected chi connectivity index (χ4v) is 3.65. The fourth-order valence-electron chi connectivity index (χ4n) is 3.65. The van der Waals surface area contributed by atoms with Gasteiger partial charge in [0.2, 0.25) is 11.8 Å². The third-order valence-electron chi connectivity index (χ3n) is 5.17. The van der Waals surface area contributed by atoms with Gasteiger partial charge in [-0.15, -0.1) is 0 Å². The highest BCUT2D eigenvalue weighted by molar-refractivity contribution is 5.78. The first kappa shape index (κ1) is 23.6. The predicted octanol–water partition coefficient (Wildman–Crippen LogP) is 5.04. The van der Waals surface area contributed by atoms with E-state index in [0.717, 1.165) is 0 Å². The van der Waals surface area contributed by atoms with Crippen LogP contribution < -0.4 is 15.2 Å². The highest BCUT2D eigenvalue weighted by atomic mass is 19.1. The summed E-state index contributed by atoms with van der Waals surface area (Å²) in [5.74, 6) is -1.51. The summed E-state index contributed by atoms with van der Waals surface area (Å²) < 4.78 is 46.6. The van der Waals surface area contributed by atoms with Crippen LogP contribution in [0.25, 0.3) is 11.1 Å². The van der Waals surface area contributed by atoms with Crippen LogP contribution in [0.2, 0.25) is 0 Å². The van der Waals surface area contributed by atoms with Gasteiger partial charge in [0, 0.05) is 34.9 Å². The number of fused-ring (bicyclic) bond motifs is 2. The molecule has 7 nitrogen and oxygen atoms in total. The van der Waals surface area contributed by atoms with Crippen LogP contribution in [0.15, 0.2) is 42.6 Å². The van der Waals surface area contributed by atoms with Gasteiger partial charge in [-0.05, 0) is 35.2 Å². The molecule has 9 heteroatoms. The summed E-state index contributed by atoms with van der Waals surface area (Å²) >= 11 is 0. The van der Waals surface area contributed by atoms with Crippen molar-refractivity contribution >= 4 is 5.84 Å². The van der Waals surface area contributed by atoms with E-state index < -0.39 is 17.8 Å². The molecule has 0 radical (unpaired) electrons. The quantitative estimate of drug-likeness (QED) is 0.286. The van der Waals surface area contributed by atoms with Gasteiger partial charge in [0.25, 0.3) is 5.95 Å². The van der Waals surface area contributed by atoms with Crippen LogP contribution in [0.1, 0.15) is 37.8 Å². The van der Waals surface area contributed by atoms with E-state index in [-0.39, 0.29) is 36.1 Å². The summed E-state index contributed by atoms with van der Waals surface area (Å²) in [6.07, 6.45) is 1.38. The Hall–Kier alpha value is -3.59. The van der Waals surface area contributed by atoms with Crippen LogP contribution in [-0.4, -0.2) is 35.6 Å². The van der Waals surface area contributed by atoms with Gasteiger partial charge in [0.05, 0.1) is 13.2 Å². The first-order valence-corrected chi connectivity index (χ1v) is 10.8. The first-order chi connectivity index (χ1) is 16.1. The van der Waals surface area contributed by atoms with Crippen molar-refractivity contribution in [3.8, 4) is 28.5 Å². The molecule has 0 spiro atoms. The van der Waals surface area contributed by atoms with E-state index in [4.69, 9.17) is 25.4 Å². The van der Waals surface area contributed by atoms with E-state index in [1.165, 1.54) is 6.20 Å². The molecule has 3 N–H and O–H groups in total. The molecule has 3 aromatic rings. The zero-order valence-corrected chi connectivity index (χ0v) is 19.2. The Bertz CT molecular complexity index is 1230. The number of rotatable bonds is 7. The minimum atomic E-state index is -0.800. The van der Waals surface area contributed by atoms with Gasteiger partial charge in [-0.25, -0.2) is 4.98 Å². The number of halogens is 2. The monoisotopic (exact) mass is 468 g/mol. The van der Waals surface area contributed by atoms with Crippen molar-refractivity contribution in [3.05, 3.63) is 65.6 Å². The van der Waals surface area contributed by atoms with Crippen molar-refractivity contribution in [1.82, 2.24) is 9.97 Å². The lowest BCUT2D eigenvalue weighted by Crippen LogP contribution is -2.22. The zero-order valence-electron chi connectivity index (χ0n) is 19.2. The van der Waals surface area contributed by atoms with Gasteiger partial charge < -0.3 is 19.9 Å². The lowest BCUT2D eigenvalue weighted by Gasteiger charge is -2.29. The maximum atomic E-state index is 15.0. The Balaban J connectivity index is 1.77. The van der Waals surface area contributed by atoms with Gasteiger partial charge in [-0.1, -0.05) is 26.8 Å². The van der Waals surface area contributed by atoms with E-state index in [1.54, 1.807) is 36.4 Å². The molecule has 178 valence electrons. The second-order valence-corrected chi connectivity index (χ2v) is 9.31. The standard InChI is InChI=1S/C25H26F2N4O3/c1-25(2,3)13-33-21-10-17-18(11-32-12-20(28)29)16-9-14(15-5-4-8-30-23(15)26)6-7-19(16)34-22(17)24(27)31-21/h4-10,18H,11-13H2,1-3H3,(H3,28,29). The SMILES string of the molecule is CC(C)(C)COc1cc2c(c(F)n1)Oc1ccc(-c3cccnc3F)cc1C2COCC(=N)N. The van der Waals surface area contributed by atoms with Crippen LogP contribution in [0.5, 0.6) is 17.4 Å². The highest BCUT2D eigenvalue weighted by Gasteiger charge is 2.32. The van der Waals surface area contributed by atoms with Crippen molar-refractivity contribution in [3.63, 3.8) is 0 Å². The predicted molar refractivity (Wildman–Crippen MR) is 123 cm³/mol. The molecule has 1 aromatic carbocycles. The normalized spacial score (nSPS) is 14.7. The Morgan fingerprint density at radius 1 is 1.15 bits per heavy atom. The van der Waals surface area contributed by atoms with Crippen molar-refractivity contribution in [2.75, 3.05) is 19.8 Å². The van der Waals surface area contributed by atoms with Crippen molar-refractivity contribution in [2.45, 2.75) is 26.7 Å². The molecule has 1 unspecified atom stereocenters. The molecule has 1 aliphatic heterocycles. The number of nitrogens with one attached hydrogen (secondary N) is 1. The average Bonchev–Trinajstić information content (AvgIpc) is 2.77. The molecular weight excluding hydrogens is 442 g/mol. The maximum absolute atomic E-state index is 15.0. The third kappa shape index (κ3) is 5.14. The number of pyridine rings is 2. The molecule has 0 amide bonds. The molecule has 1 atom stereocenters. The number of aromatic nitrogens is 2. The minimum Gasteiger partial charge on any atom is -0.477 e. The number of hydrogen-bond donors (Lipinski definition) is 2. The van der Waals surface area contributed by atoms with Crippen molar-refractivity contribution < 1.29 is 23.0 Å². The van der Waals surface area contributed by atoms with E-state index in [0.29, 0.717) is 34.6 Å². The zero-order chi connectivity index (χ0) is 24.5. The minimum absolute atomic E-state index is 0.0210. The molecule has 34 heavy (non-hydrogen) atoms. The van der Waals surface area contributed by atoms with E-state index in [1.807, 2.05) is 20.8 Å². The second-order valence-electron chi connectivity index (χ2n) is 9.31. The summed E-state index contributed by atoms with van der Waals surface area (Å²) in [5.41, 5.74) is 7.36. The van der Waals surface area contributed by atoms with E-state index >= 15 is 0 Å². The molecule has 3 heterocycles. The van der Waals surface area contributed by atoms with Gasteiger partial charge in [0.15, 0.2) is 5.75 Å². The van der Waals surface area contributed by atoms with Crippen LogP contribution in [-0.2, 0) is 4.74 Å². The lowest BCUT2D eigenvalue weighted by molar-refractivity contribution is 0.158. The summed E-state index contributed by atoms with van der Waals surface area (Å²) in [7, 11) is 0. The third-order valence-corrected chi connectivity index (χ3v) is 5.17. The Labute approximate surface area is 196 Å². The largest absolute Gasteiger partial charge is 0.477 e. The number of ether oxygens (including phenoxy) is 3. The number of nitrogens with two attached hydrogens (primary N) is 1. The van der Waals surface area contributed by atoms with Gasteiger partial charge in [-0.3, -0.25) is 5.41 Å². The van der Waals surface area contributed by atoms with Gasteiger partial charge >= 0.3 is 0 Å². The highest BCUT2D eigenvalue weighted by Crippen LogP contribution is 2.47. The molecule has 0 saturated heterocycles. The molecule has 0 fully saturated rings. The smallest absolute Gasteiger partial charge is 0.259 e. The van der Waals surface area contributed by atoms with Gasteiger partial charge in [-0.2, -0.15) is 13.8 Å². The first-order valence-electron chi connectivity index (χ1n) is 10.8. The van der Waals surface area contributed by atoms with Crippen LogP contribution in [0, 0.1) is 22.7 Å². The Morgan fingerprint density at radius 2 is 1.94 bits per heavy atom. The van der Waals surface area contributed by atoms with E-state index in [2.05, 4.69) is 9.97 Å². The van der Waals surface area contributed by atoms with Crippen molar-refractivity contribution in [2.24, 2.45) is 11.1 Å². The summed E-state index contributed by atoms with van der Waals surface area (Å²) in [6, 6.07) is 10.0. The molecule has 4 rings (SSSR count). The number of nitrogens with zero attached hydrogens (tertiary/aromatic N) is 2. The van der Waals surface area contributed by atoms with Crippen LogP contribution in [0.4, 0.5) is 8.78 Å². The van der Waals surface area contributed by atoms with E-state index in [9.17, 15) is 8.78 Å². The fraction of sp³-hybridized carbons (Fsp3) is 0.320. The summed E-state index contributed by atoms with van der Waals surface area (Å²) in [6.45, 7) is 6.34. The number of benzene rings is 1. The second kappa shape index (κ2) is 9.34. The van der Waals surface area contributed by atoms with Crippen LogP contribution >= 0.6 is 0 Å². The molecule has 0 bridgehead atoms. The molecule has 2 aromatic heterocycles. The molecule has 0 aliphatic carbocycles. The number of amidine groups is 1. The van der Waals surface area contributed by atoms with Crippen molar-refractivity contribution in [1.29, 1.82) is 5.41 Å².